The van der Waals surface area contributed by atoms with E-state index in [1.807, 2.05) is 0 Å². The van der Waals surface area contributed by atoms with Crippen molar-refractivity contribution in [1.82, 2.24) is 0 Å². The van der Waals surface area contributed by atoms with Crippen molar-refractivity contribution in [2.75, 3.05) is 0 Å². The molecule has 0 fully saturated rings. The second-order valence-corrected chi connectivity index (χ2v) is 2.90. The molecule has 0 bridgehead atoms. The van der Waals surface area contributed by atoms with Gasteiger partial charge in [-0.15, -0.1) is 0 Å². The zero-order valence-corrected chi connectivity index (χ0v) is 7.23. The van der Waals surface area contributed by atoms with Gasteiger partial charge in [0, 0.05) is 0 Å². The minimum absolute atomic E-state index is 1.30. The van der Waals surface area contributed by atoms with Crippen molar-refractivity contribution in [3.05, 3.63) is 35.4 Å². The van der Waals surface area contributed by atoms with Gasteiger partial charge in [0.1, 0.15) is 0 Å². The van der Waals surface area contributed by atoms with E-state index in [0.29, 0.717) is 0 Å². The lowest BCUT2D eigenvalue weighted by Gasteiger charge is -1.93. The first-order valence-corrected chi connectivity index (χ1v) is 4.19. The zero-order chi connectivity index (χ0) is 9.68. The van der Waals surface area contributed by atoms with Gasteiger partial charge in [-0.3, -0.25) is 0 Å². The summed E-state index contributed by atoms with van der Waals surface area (Å²) in [6.07, 6.45) is 2.13. The summed E-state index contributed by atoms with van der Waals surface area (Å²) in [5.41, 5.74) is 3.13. The fourth-order valence-electron chi connectivity index (χ4n) is 1.51. The third-order valence-corrected chi connectivity index (χ3v) is 2.01. The molecule has 13 heavy (non-hydrogen) atoms. The summed E-state index contributed by atoms with van der Waals surface area (Å²) in [4.78, 5) is 8.56. The van der Waals surface area contributed by atoms with Crippen molar-refractivity contribution in [2.45, 2.75) is 19.3 Å². The van der Waals surface area contributed by atoms with Crippen molar-refractivity contribution < 1.29 is 15.0 Å². The molecule has 0 saturated carbocycles. The quantitative estimate of drug-likeness (QED) is 0.644. The van der Waals surface area contributed by atoms with Crippen molar-refractivity contribution in [1.29, 1.82) is 0 Å². The van der Waals surface area contributed by atoms with Gasteiger partial charge in [0.15, 0.2) is 0 Å². The maximum atomic E-state index is 8.56. The summed E-state index contributed by atoms with van der Waals surface area (Å²) in [6.45, 7) is 0. The molecule has 2 rings (SSSR count). The molecular weight excluding hydrogens is 168 g/mol. The first kappa shape index (κ1) is 9.58. The van der Waals surface area contributed by atoms with Crippen LogP contribution < -0.4 is 0 Å². The van der Waals surface area contributed by atoms with Crippen LogP contribution in [0.1, 0.15) is 17.5 Å². The van der Waals surface area contributed by atoms with E-state index < -0.39 is 6.16 Å². The van der Waals surface area contributed by atoms with Gasteiger partial charge in [-0.1, -0.05) is 24.3 Å². The number of aryl methyl sites for hydroxylation is 2. The number of carboxylic acid groups (broad SMARTS) is 2. The lowest BCUT2D eigenvalue weighted by molar-refractivity contribution is 0.137. The molecule has 3 nitrogen and oxygen atoms in total. The molecule has 0 radical (unpaired) electrons. The largest absolute Gasteiger partial charge is 0.503 e. The first-order valence-electron chi connectivity index (χ1n) is 4.19. The molecule has 0 heterocycles. The second-order valence-electron chi connectivity index (χ2n) is 2.90. The zero-order valence-electron chi connectivity index (χ0n) is 7.23. The van der Waals surface area contributed by atoms with Crippen LogP contribution in [0.3, 0.4) is 0 Å². The summed E-state index contributed by atoms with van der Waals surface area (Å²) in [6, 6.07) is 8.74. The van der Waals surface area contributed by atoms with Gasteiger partial charge >= 0.3 is 6.16 Å². The van der Waals surface area contributed by atoms with Crippen molar-refractivity contribution in [2.24, 2.45) is 0 Å². The molecule has 2 N–H and O–H groups in total. The normalized spacial score (nSPS) is 12.6. The van der Waals surface area contributed by atoms with Crippen LogP contribution in [-0.2, 0) is 12.8 Å². The van der Waals surface area contributed by atoms with E-state index in [-0.39, 0.29) is 0 Å². The van der Waals surface area contributed by atoms with Gasteiger partial charge in [0.05, 0.1) is 0 Å². The topological polar surface area (TPSA) is 57.5 Å². The standard InChI is InChI=1S/C9H10.CH2O3/c1-2-5-9-7-3-6-8(9)4-1;2-1(3)4/h1-2,4-5H,3,6-7H2;(H2,2,3,4). The van der Waals surface area contributed by atoms with Crippen LogP contribution in [0.15, 0.2) is 24.3 Å². The van der Waals surface area contributed by atoms with Crippen LogP contribution in [0.2, 0.25) is 0 Å². The van der Waals surface area contributed by atoms with E-state index >= 15 is 0 Å². The van der Waals surface area contributed by atoms with E-state index in [1.54, 1.807) is 11.1 Å². The fraction of sp³-hybridized carbons (Fsp3) is 0.300. The van der Waals surface area contributed by atoms with Crippen LogP contribution in [0.4, 0.5) is 4.79 Å². The Kier molecular flexibility index (Phi) is 3.31. The molecule has 1 aliphatic carbocycles. The number of carbonyl (C=O) groups is 1. The van der Waals surface area contributed by atoms with Gasteiger partial charge in [0.2, 0.25) is 0 Å². The third kappa shape index (κ3) is 3.15. The molecule has 1 aromatic carbocycles. The lowest BCUT2D eigenvalue weighted by atomic mass is 10.1. The molecule has 0 spiro atoms. The Morgan fingerprint density at radius 1 is 1.08 bits per heavy atom. The van der Waals surface area contributed by atoms with E-state index in [0.717, 1.165) is 0 Å². The molecule has 0 amide bonds. The molecule has 1 aromatic rings. The Balaban J connectivity index is 0.000000184. The van der Waals surface area contributed by atoms with Crippen LogP contribution in [0.25, 0.3) is 0 Å². The molecule has 1 aliphatic rings. The van der Waals surface area contributed by atoms with Crippen LogP contribution in [0.5, 0.6) is 0 Å². The predicted octanol–water partition coefficient (Wildman–Crippen LogP) is 2.40. The average Bonchev–Trinajstić information content (AvgIpc) is 2.49. The number of rotatable bonds is 0. The number of benzene rings is 1. The SMILES string of the molecule is O=C(O)O.c1ccc2c(c1)CCC2. The maximum Gasteiger partial charge on any atom is 0.503 e. The maximum absolute atomic E-state index is 8.56. The predicted molar refractivity (Wildman–Crippen MR) is 49.1 cm³/mol. The molecule has 0 aliphatic heterocycles. The minimum atomic E-state index is -1.83. The Morgan fingerprint density at radius 3 is 1.85 bits per heavy atom. The Morgan fingerprint density at radius 2 is 1.46 bits per heavy atom. The van der Waals surface area contributed by atoms with Crippen molar-refractivity contribution in [3.8, 4) is 0 Å². The van der Waals surface area contributed by atoms with Gasteiger partial charge in [-0.2, -0.15) is 0 Å². The molecule has 70 valence electrons. The van der Waals surface area contributed by atoms with Gasteiger partial charge < -0.3 is 10.2 Å². The highest BCUT2D eigenvalue weighted by atomic mass is 16.6. The third-order valence-electron chi connectivity index (χ3n) is 2.01. The summed E-state index contributed by atoms with van der Waals surface area (Å²) < 4.78 is 0. The smallest absolute Gasteiger partial charge is 0.450 e. The number of fused-ring (bicyclic) bond motifs is 1. The van der Waals surface area contributed by atoms with Crippen molar-refractivity contribution >= 4 is 6.16 Å². The van der Waals surface area contributed by atoms with E-state index in [4.69, 9.17) is 15.0 Å². The molecular formula is C10H12O3. The highest BCUT2D eigenvalue weighted by molar-refractivity contribution is 5.53. The minimum Gasteiger partial charge on any atom is -0.450 e. The Labute approximate surface area is 76.6 Å². The number of hydrogen-bond acceptors (Lipinski definition) is 1. The van der Waals surface area contributed by atoms with Crippen LogP contribution in [-0.4, -0.2) is 16.4 Å². The summed E-state index contributed by atoms with van der Waals surface area (Å²) in [5, 5.41) is 13.9. The van der Waals surface area contributed by atoms with Gasteiger partial charge in [-0.25, -0.2) is 4.79 Å². The first-order chi connectivity index (χ1) is 6.20. The highest BCUT2D eigenvalue weighted by Crippen LogP contribution is 2.20. The van der Waals surface area contributed by atoms with Crippen LogP contribution in [0, 0.1) is 0 Å². The Bertz CT molecular complexity index is 267. The Hall–Kier alpha value is -1.51. The molecule has 0 aromatic heterocycles. The second kappa shape index (κ2) is 4.50. The monoisotopic (exact) mass is 180 g/mol. The highest BCUT2D eigenvalue weighted by Gasteiger charge is 2.07. The summed E-state index contributed by atoms with van der Waals surface area (Å²) in [5.74, 6) is 0. The van der Waals surface area contributed by atoms with Crippen molar-refractivity contribution in [3.63, 3.8) is 0 Å². The van der Waals surface area contributed by atoms with E-state index in [1.165, 1.54) is 19.3 Å². The average molecular weight is 180 g/mol. The van der Waals surface area contributed by atoms with Gasteiger partial charge in [0.25, 0.3) is 0 Å². The van der Waals surface area contributed by atoms with Crippen LogP contribution >= 0.6 is 0 Å². The van der Waals surface area contributed by atoms with E-state index in [9.17, 15) is 0 Å². The summed E-state index contributed by atoms with van der Waals surface area (Å²) >= 11 is 0. The fourth-order valence-corrected chi connectivity index (χ4v) is 1.51. The summed E-state index contributed by atoms with van der Waals surface area (Å²) in [7, 11) is 0. The van der Waals surface area contributed by atoms with E-state index in [2.05, 4.69) is 24.3 Å². The molecule has 0 unspecified atom stereocenters. The molecule has 3 heteroatoms. The van der Waals surface area contributed by atoms with Gasteiger partial charge in [-0.05, 0) is 30.4 Å². The lowest BCUT2D eigenvalue weighted by Crippen LogP contribution is -1.81. The molecule has 0 atom stereocenters. The number of hydrogen-bond donors (Lipinski definition) is 2. The molecule has 0 saturated heterocycles.